The second-order valence-corrected chi connectivity index (χ2v) is 2.67. The second-order valence-electron chi connectivity index (χ2n) is 2.67. The molecule has 0 aromatic rings. The van der Waals surface area contributed by atoms with Gasteiger partial charge < -0.3 is 5.11 Å². The Morgan fingerprint density at radius 3 is 2.70 bits per heavy atom. The highest BCUT2D eigenvalue weighted by Gasteiger charge is 1.99. The summed E-state index contributed by atoms with van der Waals surface area (Å²) in [4.78, 5) is 0. The zero-order valence-electron chi connectivity index (χ0n) is 6.51. The van der Waals surface area contributed by atoms with E-state index in [-0.39, 0.29) is 6.61 Å². The summed E-state index contributed by atoms with van der Waals surface area (Å²) in [5.74, 6) is 0.590. The minimum absolute atomic E-state index is 0.275. The van der Waals surface area contributed by atoms with Gasteiger partial charge in [0.2, 0.25) is 0 Å². The fraction of sp³-hybridized carbons (Fsp3) is 0.875. The zero-order valence-corrected chi connectivity index (χ0v) is 6.51. The van der Waals surface area contributed by atoms with Crippen LogP contribution in [0, 0.1) is 17.2 Å². The molecule has 0 saturated carbocycles. The average Bonchev–Trinajstić information content (AvgIpc) is 1.97. The van der Waals surface area contributed by atoms with Gasteiger partial charge in [-0.3, -0.25) is 0 Å². The Morgan fingerprint density at radius 2 is 2.20 bits per heavy atom. The normalized spacial score (nSPS) is 12.5. The van der Waals surface area contributed by atoms with Crippen LogP contribution in [-0.4, -0.2) is 11.7 Å². The summed E-state index contributed by atoms with van der Waals surface area (Å²) in [5.41, 5.74) is 0. The lowest BCUT2D eigenvalue weighted by Gasteiger charge is -2.05. The van der Waals surface area contributed by atoms with E-state index in [1.807, 2.05) is 0 Å². The first-order valence-corrected chi connectivity index (χ1v) is 3.79. The first-order valence-electron chi connectivity index (χ1n) is 3.79. The number of nitriles is 1. The van der Waals surface area contributed by atoms with E-state index in [0.717, 1.165) is 19.3 Å². The molecule has 1 N–H and O–H groups in total. The van der Waals surface area contributed by atoms with Crippen molar-refractivity contribution in [3.63, 3.8) is 0 Å². The highest BCUT2D eigenvalue weighted by Crippen LogP contribution is 2.10. The molecule has 0 saturated heterocycles. The third-order valence-electron chi connectivity index (χ3n) is 1.60. The molecule has 1 atom stereocenters. The first-order chi connectivity index (χ1) is 4.81. The van der Waals surface area contributed by atoms with Gasteiger partial charge in [0.15, 0.2) is 0 Å². The second kappa shape index (κ2) is 6.57. The van der Waals surface area contributed by atoms with Crippen LogP contribution in [0.4, 0.5) is 0 Å². The Hall–Kier alpha value is -0.550. The monoisotopic (exact) mass is 141 g/mol. The van der Waals surface area contributed by atoms with Gasteiger partial charge in [0.25, 0.3) is 0 Å². The Labute approximate surface area is 62.5 Å². The van der Waals surface area contributed by atoms with Crippen LogP contribution in [0.25, 0.3) is 0 Å². The van der Waals surface area contributed by atoms with Gasteiger partial charge in [-0.25, -0.2) is 0 Å². The van der Waals surface area contributed by atoms with Gasteiger partial charge in [0.1, 0.15) is 0 Å². The lowest BCUT2D eigenvalue weighted by Crippen LogP contribution is -1.95. The molecule has 0 aromatic heterocycles. The number of aliphatic hydroxyl groups excluding tert-OH is 1. The summed E-state index contributed by atoms with van der Waals surface area (Å²) in [6, 6.07) is 2.11. The number of nitrogens with zero attached hydrogens (tertiary/aromatic N) is 1. The topological polar surface area (TPSA) is 44.0 Å². The van der Waals surface area contributed by atoms with Crippen molar-refractivity contribution in [1.82, 2.24) is 0 Å². The minimum Gasteiger partial charge on any atom is -0.396 e. The SMILES string of the molecule is CC(CCC#N)CCCO. The predicted molar refractivity (Wildman–Crippen MR) is 40.3 cm³/mol. The van der Waals surface area contributed by atoms with Crippen molar-refractivity contribution in [1.29, 1.82) is 5.26 Å². The van der Waals surface area contributed by atoms with E-state index in [2.05, 4.69) is 13.0 Å². The van der Waals surface area contributed by atoms with Crippen LogP contribution in [-0.2, 0) is 0 Å². The molecular weight excluding hydrogens is 126 g/mol. The molecule has 0 aliphatic rings. The maximum atomic E-state index is 8.48. The van der Waals surface area contributed by atoms with Crippen LogP contribution < -0.4 is 0 Å². The molecule has 58 valence electrons. The lowest BCUT2D eigenvalue weighted by atomic mass is 10.0. The van der Waals surface area contributed by atoms with Gasteiger partial charge in [-0.1, -0.05) is 6.92 Å². The van der Waals surface area contributed by atoms with Crippen molar-refractivity contribution in [3.8, 4) is 6.07 Å². The van der Waals surface area contributed by atoms with Crippen molar-refractivity contribution in [2.45, 2.75) is 32.6 Å². The summed E-state index contributed by atoms with van der Waals surface area (Å²) in [6.45, 7) is 2.39. The third-order valence-corrected chi connectivity index (χ3v) is 1.60. The molecule has 0 fully saturated rings. The zero-order chi connectivity index (χ0) is 7.82. The molecule has 1 unspecified atom stereocenters. The van der Waals surface area contributed by atoms with Crippen molar-refractivity contribution < 1.29 is 5.11 Å². The number of rotatable bonds is 5. The Bertz CT molecular complexity index is 106. The highest BCUT2D eigenvalue weighted by atomic mass is 16.2. The van der Waals surface area contributed by atoms with E-state index in [4.69, 9.17) is 10.4 Å². The molecule has 2 heteroatoms. The molecule has 0 bridgehead atoms. The molecule has 0 heterocycles. The molecule has 0 aromatic carbocycles. The molecule has 10 heavy (non-hydrogen) atoms. The van der Waals surface area contributed by atoms with Crippen LogP contribution in [0.3, 0.4) is 0 Å². The molecule has 0 rings (SSSR count). The first kappa shape index (κ1) is 9.45. The summed E-state index contributed by atoms with van der Waals surface area (Å²) in [5, 5.41) is 16.7. The summed E-state index contributed by atoms with van der Waals surface area (Å²) >= 11 is 0. The molecule has 2 nitrogen and oxygen atoms in total. The van der Waals surface area contributed by atoms with Crippen LogP contribution in [0.2, 0.25) is 0 Å². The van der Waals surface area contributed by atoms with Gasteiger partial charge in [-0.15, -0.1) is 0 Å². The standard InChI is InChI=1S/C8H15NO/c1-8(4-2-6-9)5-3-7-10/h8,10H,2-5,7H2,1H3. The number of aliphatic hydroxyl groups is 1. The minimum atomic E-state index is 0.275. The smallest absolute Gasteiger partial charge is 0.0621 e. The Morgan fingerprint density at radius 1 is 1.50 bits per heavy atom. The van der Waals surface area contributed by atoms with Gasteiger partial charge in [-0.05, 0) is 25.2 Å². The van der Waals surface area contributed by atoms with E-state index in [1.165, 1.54) is 0 Å². The third kappa shape index (κ3) is 5.58. The van der Waals surface area contributed by atoms with E-state index in [1.54, 1.807) is 0 Å². The average molecular weight is 141 g/mol. The summed E-state index contributed by atoms with van der Waals surface area (Å²) in [6.07, 6.45) is 3.52. The van der Waals surface area contributed by atoms with Gasteiger partial charge in [0, 0.05) is 13.0 Å². The van der Waals surface area contributed by atoms with E-state index in [0.29, 0.717) is 12.3 Å². The van der Waals surface area contributed by atoms with Gasteiger partial charge in [0.05, 0.1) is 6.07 Å². The number of hydrogen-bond donors (Lipinski definition) is 1. The lowest BCUT2D eigenvalue weighted by molar-refractivity contribution is 0.272. The summed E-state index contributed by atoms with van der Waals surface area (Å²) < 4.78 is 0. The Kier molecular flexibility index (Phi) is 6.21. The number of hydrogen-bond acceptors (Lipinski definition) is 2. The molecule has 0 aliphatic heterocycles. The quantitative estimate of drug-likeness (QED) is 0.633. The molecule has 0 radical (unpaired) electrons. The Balaban J connectivity index is 3.10. The highest BCUT2D eigenvalue weighted by molar-refractivity contribution is 4.70. The van der Waals surface area contributed by atoms with E-state index < -0.39 is 0 Å². The molecular formula is C8H15NO. The maximum absolute atomic E-state index is 8.48. The van der Waals surface area contributed by atoms with Crippen LogP contribution in [0.1, 0.15) is 32.6 Å². The van der Waals surface area contributed by atoms with Crippen molar-refractivity contribution in [2.75, 3.05) is 6.61 Å². The largest absolute Gasteiger partial charge is 0.396 e. The summed E-state index contributed by atoms with van der Waals surface area (Å²) in [7, 11) is 0. The van der Waals surface area contributed by atoms with E-state index in [9.17, 15) is 0 Å². The van der Waals surface area contributed by atoms with Crippen molar-refractivity contribution in [3.05, 3.63) is 0 Å². The molecule has 0 amide bonds. The maximum Gasteiger partial charge on any atom is 0.0621 e. The molecule has 0 spiro atoms. The van der Waals surface area contributed by atoms with Crippen LogP contribution >= 0.6 is 0 Å². The van der Waals surface area contributed by atoms with Crippen molar-refractivity contribution >= 4 is 0 Å². The fourth-order valence-electron chi connectivity index (χ4n) is 0.895. The fourth-order valence-corrected chi connectivity index (χ4v) is 0.895. The molecule has 0 aliphatic carbocycles. The van der Waals surface area contributed by atoms with Gasteiger partial charge in [-0.2, -0.15) is 5.26 Å². The van der Waals surface area contributed by atoms with Crippen LogP contribution in [0.5, 0.6) is 0 Å². The van der Waals surface area contributed by atoms with Crippen molar-refractivity contribution in [2.24, 2.45) is 5.92 Å². The van der Waals surface area contributed by atoms with Crippen LogP contribution in [0.15, 0.2) is 0 Å². The van der Waals surface area contributed by atoms with E-state index >= 15 is 0 Å². The van der Waals surface area contributed by atoms with Gasteiger partial charge >= 0.3 is 0 Å². The predicted octanol–water partition coefficient (Wildman–Crippen LogP) is 1.70.